The molecule has 0 spiro atoms. The van der Waals surface area contributed by atoms with E-state index in [1.165, 1.54) is 17.4 Å². The molecule has 3 fully saturated rings. The van der Waals surface area contributed by atoms with Gasteiger partial charge in [0.15, 0.2) is 0 Å². The first-order valence-corrected chi connectivity index (χ1v) is 10.7. The van der Waals surface area contributed by atoms with Crippen LogP contribution in [0.15, 0.2) is 24.3 Å². The molecule has 1 saturated carbocycles. The lowest BCUT2D eigenvalue weighted by Gasteiger charge is -2.58. The van der Waals surface area contributed by atoms with Crippen LogP contribution in [-0.2, 0) is 21.5 Å². The van der Waals surface area contributed by atoms with Crippen molar-refractivity contribution in [3.63, 3.8) is 0 Å². The third-order valence-corrected chi connectivity index (χ3v) is 7.41. The van der Waals surface area contributed by atoms with Crippen molar-refractivity contribution in [1.29, 1.82) is 0 Å². The Morgan fingerprint density at radius 3 is 2.86 bits per heavy atom. The molecule has 0 unspecified atom stereocenters. The highest BCUT2D eigenvalue weighted by Crippen LogP contribution is 2.55. The first kappa shape index (κ1) is 18.2. The van der Waals surface area contributed by atoms with Crippen LogP contribution in [0.25, 0.3) is 10.9 Å². The number of nitrogens with zero attached hydrogens (tertiary/aromatic N) is 2. The van der Waals surface area contributed by atoms with Gasteiger partial charge in [0.05, 0.1) is 17.8 Å². The number of ether oxygens (including phenoxy) is 2. The first-order chi connectivity index (χ1) is 13.6. The van der Waals surface area contributed by atoms with Gasteiger partial charge in [-0.15, -0.1) is 0 Å². The van der Waals surface area contributed by atoms with Gasteiger partial charge in [-0.1, -0.05) is 31.5 Å². The quantitative estimate of drug-likeness (QED) is 0.799. The molecule has 4 aliphatic rings. The predicted molar refractivity (Wildman–Crippen MR) is 109 cm³/mol. The molecule has 0 radical (unpaired) electrons. The van der Waals surface area contributed by atoms with Gasteiger partial charge in [0.1, 0.15) is 5.60 Å². The molecule has 28 heavy (non-hydrogen) atoms. The molecule has 2 saturated heterocycles. The second-order valence-corrected chi connectivity index (χ2v) is 8.64. The molecule has 4 heterocycles. The van der Waals surface area contributed by atoms with Gasteiger partial charge in [0.25, 0.3) is 0 Å². The molecule has 0 amide bonds. The summed E-state index contributed by atoms with van der Waals surface area (Å²) in [6.07, 6.45) is 4.09. The molecule has 150 valence electrons. The molecule has 6 rings (SSSR count). The van der Waals surface area contributed by atoms with Crippen LogP contribution < -0.4 is 0 Å². The molecule has 3 aliphatic heterocycles. The number of benzene rings is 1. The molecule has 2 aromatic rings. The van der Waals surface area contributed by atoms with Gasteiger partial charge in [-0.3, -0.25) is 4.90 Å². The van der Waals surface area contributed by atoms with Crippen LogP contribution >= 0.6 is 0 Å². The monoisotopic (exact) mass is 382 g/mol. The lowest BCUT2D eigenvalue weighted by atomic mass is 9.62. The van der Waals surface area contributed by atoms with Gasteiger partial charge in [-0.2, -0.15) is 0 Å². The normalized spacial score (nSPS) is 33.5. The summed E-state index contributed by atoms with van der Waals surface area (Å²) in [5.74, 6) is 1.22. The van der Waals surface area contributed by atoms with Gasteiger partial charge in [0, 0.05) is 31.6 Å². The molecule has 1 aliphatic carbocycles. The van der Waals surface area contributed by atoms with Crippen LogP contribution in [0.3, 0.4) is 0 Å². The number of carbonyl (C=O) groups excluding carboxylic acids is 1. The van der Waals surface area contributed by atoms with E-state index >= 15 is 0 Å². The second-order valence-electron chi connectivity index (χ2n) is 8.64. The van der Waals surface area contributed by atoms with E-state index in [4.69, 9.17) is 9.47 Å². The van der Waals surface area contributed by atoms with Crippen LogP contribution in [0.4, 0.5) is 4.79 Å². The van der Waals surface area contributed by atoms with Crippen molar-refractivity contribution in [2.24, 2.45) is 11.8 Å². The highest BCUT2D eigenvalue weighted by Gasteiger charge is 2.59. The minimum Gasteiger partial charge on any atom is -0.449 e. The van der Waals surface area contributed by atoms with Crippen molar-refractivity contribution in [1.82, 2.24) is 9.47 Å². The van der Waals surface area contributed by atoms with E-state index in [1.54, 1.807) is 0 Å². The van der Waals surface area contributed by atoms with Gasteiger partial charge in [0.2, 0.25) is 0 Å². The largest absolute Gasteiger partial charge is 0.449 e. The summed E-state index contributed by atoms with van der Waals surface area (Å²) in [6, 6.07) is 8.58. The maximum atomic E-state index is 13.2. The summed E-state index contributed by atoms with van der Waals surface area (Å²) in [4.78, 5) is 15.8. The number of piperidine rings is 2. The molecular formula is C23H30N2O3. The molecule has 1 aromatic carbocycles. The van der Waals surface area contributed by atoms with Crippen molar-refractivity contribution in [2.45, 2.75) is 51.2 Å². The lowest BCUT2D eigenvalue weighted by molar-refractivity contribution is -0.180. The molecular weight excluding hydrogens is 352 g/mol. The van der Waals surface area contributed by atoms with Crippen molar-refractivity contribution in [2.75, 3.05) is 26.8 Å². The van der Waals surface area contributed by atoms with Crippen LogP contribution in [0.1, 0.15) is 44.4 Å². The van der Waals surface area contributed by atoms with E-state index in [9.17, 15) is 4.79 Å². The van der Waals surface area contributed by atoms with Gasteiger partial charge >= 0.3 is 6.09 Å². The molecule has 1 aromatic heterocycles. The number of hydrogen-bond donors (Lipinski definition) is 0. The van der Waals surface area contributed by atoms with Gasteiger partial charge in [-0.05, 0) is 49.7 Å². The van der Waals surface area contributed by atoms with Crippen LogP contribution in [0, 0.1) is 11.8 Å². The number of para-hydroxylation sites is 1. The summed E-state index contributed by atoms with van der Waals surface area (Å²) >= 11 is 0. The van der Waals surface area contributed by atoms with Gasteiger partial charge in [-0.25, -0.2) is 9.36 Å². The minimum atomic E-state index is -0.445. The number of hydrogen-bond acceptors (Lipinski definition) is 4. The average molecular weight is 383 g/mol. The Kier molecular flexibility index (Phi) is 4.29. The summed E-state index contributed by atoms with van der Waals surface area (Å²) in [5.41, 5.74) is 2.84. The van der Waals surface area contributed by atoms with Crippen LogP contribution in [0.2, 0.25) is 0 Å². The Bertz CT molecular complexity index is 920. The topological polar surface area (TPSA) is 43.7 Å². The van der Waals surface area contributed by atoms with Crippen molar-refractivity contribution < 1.29 is 14.3 Å². The summed E-state index contributed by atoms with van der Waals surface area (Å²) in [6.45, 7) is 6.73. The van der Waals surface area contributed by atoms with E-state index in [0.717, 1.165) is 43.6 Å². The Morgan fingerprint density at radius 2 is 2.11 bits per heavy atom. The number of fused-ring (bicyclic) bond motifs is 4. The summed E-state index contributed by atoms with van der Waals surface area (Å²) in [5, 5.41) is 1.17. The third kappa shape index (κ3) is 2.29. The van der Waals surface area contributed by atoms with Crippen LogP contribution in [0.5, 0.6) is 0 Å². The molecule has 5 nitrogen and oxygen atoms in total. The minimum absolute atomic E-state index is 0.278. The second kappa shape index (κ2) is 6.60. The first-order valence-electron chi connectivity index (χ1n) is 10.7. The van der Waals surface area contributed by atoms with Crippen molar-refractivity contribution in [3.05, 3.63) is 35.5 Å². The van der Waals surface area contributed by atoms with E-state index in [1.807, 2.05) is 30.7 Å². The number of carbonyl (C=O) groups is 1. The fraction of sp³-hybridized carbons (Fsp3) is 0.609. The lowest BCUT2D eigenvalue weighted by Crippen LogP contribution is -2.65. The molecule has 5 atom stereocenters. The maximum Gasteiger partial charge on any atom is 0.418 e. The van der Waals surface area contributed by atoms with E-state index < -0.39 is 5.60 Å². The van der Waals surface area contributed by atoms with Gasteiger partial charge < -0.3 is 9.47 Å². The third-order valence-electron chi connectivity index (χ3n) is 7.41. The number of aromatic nitrogens is 1. The van der Waals surface area contributed by atoms with Crippen LogP contribution in [-0.4, -0.2) is 48.4 Å². The van der Waals surface area contributed by atoms with E-state index in [0.29, 0.717) is 24.5 Å². The fourth-order valence-corrected chi connectivity index (χ4v) is 6.54. The Morgan fingerprint density at radius 1 is 1.29 bits per heavy atom. The van der Waals surface area contributed by atoms with Crippen molar-refractivity contribution in [3.8, 4) is 0 Å². The van der Waals surface area contributed by atoms with Crippen molar-refractivity contribution >= 4 is 17.0 Å². The highest BCUT2D eigenvalue weighted by molar-refractivity contribution is 5.94. The zero-order valence-electron chi connectivity index (χ0n) is 17.1. The summed E-state index contributed by atoms with van der Waals surface area (Å²) < 4.78 is 13.8. The maximum absolute atomic E-state index is 13.2. The predicted octanol–water partition coefficient (Wildman–Crippen LogP) is 4.16. The molecule has 4 bridgehead atoms. The standard InChI is InChI=1S/C23H30N2O3/c1-4-16-12-15-13-23(27-3)20(16)24(14-15)11-10-18-17-8-6-7-9-19(17)25(21(18)23)22(26)28-5-2/h6-9,15-16,20H,4-5,10-14H2,1-3H3/t15-,16+,20+,23+/m1/s1. The Labute approximate surface area is 166 Å². The number of rotatable bonds is 3. The van der Waals surface area contributed by atoms with E-state index in [2.05, 4.69) is 24.0 Å². The Balaban J connectivity index is 1.82. The molecule has 5 heteroatoms. The zero-order valence-corrected chi connectivity index (χ0v) is 17.1. The fourth-order valence-electron chi connectivity index (χ4n) is 6.54. The smallest absolute Gasteiger partial charge is 0.418 e. The SMILES string of the molecule is CCOC(=O)n1c2c(c3ccccc31)CC[N@@]1C[C@@H]3C[C@H](CC)[C@H]1[C@@]2(OC)C3. The number of methoxy groups -OCH3 is 1. The van der Waals surface area contributed by atoms with E-state index in [-0.39, 0.29) is 6.09 Å². The zero-order chi connectivity index (χ0) is 19.5. The molecule has 0 N–H and O–H groups in total. The average Bonchev–Trinajstić information content (AvgIpc) is 3.02. The summed E-state index contributed by atoms with van der Waals surface area (Å²) in [7, 11) is 1.84. The highest BCUT2D eigenvalue weighted by atomic mass is 16.5. The Hall–Kier alpha value is -1.85.